The maximum Gasteiger partial charge on any atom is 0.243 e. The highest BCUT2D eigenvalue weighted by Gasteiger charge is 2.06. The zero-order valence-electron chi connectivity index (χ0n) is 13.5. The molecule has 1 aromatic rings. The SMILES string of the molecule is CCNC(=NCC(=O)N(C)C)NCCc1nc(C)c(C)s1. The molecular weight excluding hydrogens is 286 g/mol. The average Bonchev–Trinajstić information content (AvgIpc) is 2.74. The summed E-state index contributed by atoms with van der Waals surface area (Å²) in [5.74, 6) is 0.649. The van der Waals surface area contributed by atoms with Gasteiger partial charge in [-0.3, -0.25) is 4.79 Å². The molecule has 1 aromatic heterocycles. The van der Waals surface area contributed by atoms with E-state index in [1.807, 2.05) is 13.8 Å². The number of aryl methyl sites for hydroxylation is 2. The molecule has 1 amide bonds. The Kier molecular flexibility index (Phi) is 7.14. The molecule has 0 fully saturated rings. The van der Waals surface area contributed by atoms with Crippen LogP contribution in [-0.2, 0) is 11.2 Å². The lowest BCUT2D eigenvalue weighted by molar-refractivity contribution is -0.127. The summed E-state index contributed by atoms with van der Waals surface area (Å²) < 4.78 is 0. The molecule has 0 saturated carbocycles. The number of hydrogen-bond acceptors (Lipinski definition) is 4. The summed E-state index contributed by atoms with van der Waals surface area (Å²) in [7, 11) is 3.46. The van der Waals surface area contributed by atoms with Gasteiger partial charge in [-0.15, -0.1) is 11.3 Å². The number of nitrogens with zero attached hydrogens (tertiary/aromatic N) is 3. The van der Waals surface area contributed by atoms with E-state index in [1.54, 1.807) is 25.4 Å². The summed E-state index contributed by atoms with van der Waals surface area (Å²) in [6.45, 7) is 7.77. The van der Waals surface area contributed by atoms with Gasteiger partial charge in [-0.1, -0.05) is 0 Å². The number of aromatic nitrogens is 1. The molecule has 2 N–H and O–H groups in total. The van der Waals surface area contributed by atoms with Crippen molar-refractivity contribution in [2.75, 3.05) is 33.7 Å². The van der Waals surface area contributed by atoms with E-state index >= 15 is 0 Å². The molecule has 0 radical (unpaired) electrons. The number of rotatable bonds is 6. The smallest absolute Gasteiger partial charge is 0.243 e. The fourth-order valence-electron chi connectivity index (χ4n) is 1.56. The minimum absolute atomic E-state index is 0.0154. The van der Waals surface area contributed by atoms with Crippen molar-refractivity contribution in [3.63, 3.8) is 0 Å². The van der Waals surface area contributed by atoms with Gasteiger partial charge in [-0.2, -0.15) is 0 Å². The number of carbonyl (C=O) groups excluding carboxylic acids is 1. The van der Waals surface area contributed by atoms with Crippen molar-refractivity contribution in [1.29, 1.82) is 0 Å². The highest BCUT2D eigenvalue weighted by atomic mass is 32.1. The monoisotopic (exact) mass is 311 g/mol. The largest absolute Gasteiger partial charge is 0.357 e. The zero-order valence-corrected chi connectivity index (χ0v) is 14.3. The van der Waals surface area contributed by atoms with Crippen molar-refractivity contribution in [1.82, 2.24) is 20.5 Å². The molecule has 0 unspecified atom stereocenters. The number of aliphatic imine (C=N–C) groups is 1. The zero-order chi connectivity index (χ0) is 15.8. The normalized spacial score (nSPS) is 11.4. The molecule has 1 rings (SSSR count). The van der Waals surface area contributed by atoms with Gasteiger partial charge >= 0.3 is 0 Å². The van der Waals surface area contributed by atoms with Gasteiger partial charge in [0.05, 0.1) is 10.7 Å². The predicted octanol–water partition coefficient (Wildman–Crippen LogP) is 0.946. The molecule has 6 nitrogen and oxygen atoms in total. The van der Waals surface area contributed by atoms with Gasteiger partial charge in [0, 0.05) is 38.5 Å². The number of nitrogens with one attached hydrogen (secondary N) is 2. The first-order valence-electron chi connectivity index (χ1n) is 7.09. The molecule has 1 heterocycles. The second-order valence-electron chi connectivity index (χ2n) is 4.91. The number of carbonyl (C=O) groups is 1. The topological polar surface area (TPSA) is 69.6 Å². The fourth-order valence-corrected chi connectivity index (χ4v) is 2.50. The molecule has 0 spiro atoms. The van der Waals surface area contributed by atoms with E-state index in [1.165, 1.54) is 9.78 Å². The molecule has 0 aliphatic heterocycles. The van der Waals surface area contributed by atoms with Gasteiger partial charge < -0.3 is 15.5 Å². The lowest BCUT2D eigenvalue weighted by atomic mass is 10.4. The van der Waals surface area contributed by atoms with Gasteiger partial charge in [0.2, 0.25) is 5.91 Å². The Balaban J connectivity index is 2.47. The molecule has 118 valence electrons. The Bertz CT molecular complexity index is 476. The van der Waals surface area contributed by atoms with E-state index in [-0.39, 0.29) is 12.5 Å². The second-order valence-corrected chi connectivity index (χ2v) is 6.20. The molecule has 0 aromatic carbocycles. The molecular formula is C14H25N5OS. The molecule has 0 aliphatic rings. The van der Waals surface area contributed by atoms with E-state index in [2.05, 4.69) is 27.5 Å². The van der Waals surface area contributed by atoms with Crippen LogP contribution >= 0.6 is 11.3 Å². The number of guanidine groups is 1. The predicted molar refractivity (Wildman–Crippen MR) is 88.0 cm³/mol. The van der Waals surface area contributed by atoms with Crippen molar-refractivity contribution in [2.24, 2.45) is 4.99 Å². The van der Waals surface area contributed by atoms with Crippen LogP contribution in [0.1, 0.15) is 22.5 Å². The summed E-state index contributed by atoms with van der Waals surface area (Å²) in [5.41, 5.74) is 1.10. The summed E-state index contributed by atoms with van der Waals surface area (Å²) in [6.07, 6.45) is 0.853. The van der Waals surface area contributed by atoms with E-state index in [0.29, 0.717) is 5.96 Å². The van der Waals surface area contributed by atoms with Crippen LogP contribution in [0, 0.1) is 13.8 Å². The second kappa shape index (κ2) is 8.61. The van der Waals surface area contributed by atoms with Gasteiger partial charge in [0.1, 0.15) is 6.54 Å². The van der Waals surface area contributed by atoms with E-state index in [4.69, 9.17) is 0 Å². The maximum atomic E-state index is 11.5. The Labute approximate surface area is 130 Å². The third kappa shape index (κ3) is 6.12. The number of amides is 1. The van der Waals surface area contributed by atoms with Crippen molar-refractivity contribution in [3.05, 3.63) is 15.6 Å². The summed E-state index contributed by atoms with van der Waals surface area (Å²) in [4.78, 5) is 23.1. The molecule has 0 saturated heterocycles. The molecule has 0 aliphatic carbocycles. The highest BCUT2D eigenvalue weighted by Crippen LogP contribution is 2.16. The Morgan fingerprint density at radius 1 is 1.33 bits per heavy atom. The van der Waals surface area contributed by atoms with Gasteiger partial charge in [0.15, 0.2) is 5.96 Å². The van der Waals surface area contributed by atoms with Crippen LogP contribution in [-0.4, -0.2) is 55.5 Å². The van der Waals surface area contributed by atoms with E-state index in [0.717, 1.165) is 30.2 Å². The molecule has 0 bridgehead atoms. The fraction of sp³-hybridized carbons (Fsp3) is 0.643. The van der Waals surface area contributed by atoms with E-state index in [9.17, 15) is 4.79 Å². The number of hydrogen-bond donors (Lipinski definition) is 2. The molecule has 7 heteroatoms. The first-order chi connectivity index (χ1) is 9.93. The van der Waals surface area contributed by atoms with Crippen molar-refractivity contribution in [3.8, 4) is 0 Å². The summed E-state index contributed by atoms with van der Waals surface area (Å²) in [5, 5.41) is 7.48. The van der Waals surface area contributed by atoms with Crippen LogP contribution in [0.5, 0.6) is 0 Å². The maximum absolute atomic E-state index is 11.5. The van der Waals surface area contributed by atoms with Crippen LogP contribution < -0.4 is 10.6 Å². The quantitative estimate of drug-likeness (QED) is 0.606. The number of thiazole rings is 1. The van der Waals surface area contributed by atoms with Crippen molar-refractivity contribution >= 4 is 23.2 Å². The average molecular weight is 311 g/mol. The van der Waals surface area contributed by atoms with Gasteiger partial charge in [-0.05, 0) is 20.8 Å². The van der Waals surface area contributed by atoms with E-state index < -0.39 is 0 Å². The van der Waals surface area contributed by atoms with Crippen LogP contribution in [0.2, 0.25) is 0 Å². The van der Waals surface area contributed by atoms with Crippen LogP contribution in [0.25, 0.3) is 0 Å². The molecule has 21 heavy (non-hydrogen) atoms. The Morgan fingerprint density at radius 2 is 2.05 bits per heavy atom. The first-order valence-corrected chi connectivity index (χ1v) is 7.91. The van der Waals surface area contributed by atoms with Crippen molar-refractivity contribution in [2.45, 2.75) is 27.2 Å². The van der Waals surface area contributed by atoms with Crippen molar-refractivity contribution < 1.29 is 4.79 Å². The standard InChI is InChI=1S/C14H25N5OS/c1-6-15-14(17-9-13(20)19(4)5)16-8-7-12-18-10(2)11(3)21-12/h6-9H2,1-5H3,(H2,15,16,17). The van der Waals surface area contributed by atoms with Crippen LogP contribution in [0.3, 0.4) is 0 Å². The number of likely N-dealkylation sites (N-methyl/N-ethyl adjacent to an activating group) is 1. The highest BCUT2D eigenvalue weighted by molar-refractivity contribution is 7.11. The summed E-state index contributed by atoms with van der Waals surface area (Å²) in [6, 6.07) is 0. The van der Waals surface area contributed by atoms with Crippen LogP contribution in [0.15, 0.2) is 4.99 Å². The third-order valence-corrected chi connectivity index (χ3v) is 4.05. The first kappa shape index (κ1) is 17.4. The molecule has 0 atom stereocenters. The summed E-state index contributed by atoms with van der Waals surface area (Å²) >= 11 is 1.73. The minimum Gasteiger partial charge on any atom is -0.357 e. The lowest BCUT2D eigenvalue weighted by Gasteiger charge is -2.12. The van der Waals surface area contributed by atoms with Crippen LogP contribution in [0.4, 0.5) is 0 Å². The Hall–Kier alpha value is -1.63. The minimum atomic E-state index is -0.0154. The van der Waals surface area contributed by atoms with Gasteiger partial charge in [0.25, 0.3) is 0 Å². The lowest BCUT2D eigenvalue weighted by Crippen LogP contribution is -2.39. The van der Waals surface area contributed by atoms with Gasteiger partial charge in [-0.25, -0.2) is 9.98 Å². The Morgan fingerprint density at radius 3 is 2.57 bits per heavy atom. The third-order valence-electron chi connectivity index (χ3n) is 2.92.